The van der Waals surface area contributed by atoms with Gasteiger partial charge < -0.3 is 10.6 Å². The predicted molar refractivity (Wildman–Crippen MR) is 114 cm³/mol. The van der Waals surface area contributed by atoms with Crippen molar-refractivity contribution in [1.82, 2.24) is 19.9 Å². The molecule has 0 bridgehead atoms. The van der Waals surface area contributed by atoms with E-state index in [1.54, 1.807) is 18.2 Å². The first-order valence-corrected chi connectivity index (χ1v) is 10.5. The van der Waals surface area contributed by atoms with E-state index in [0.29, 0.717) is 26.6 Å². The molecule has 146 valence electrons. The Morgan fingerprint density at radius 1 is 1.10 bits per heavy atom. The van der Waals surface area contributed by atoms with Crippen LogP contribution in [0.2, 0.25) is 0 Å². The molecule has 1 saturated carbocycles. The largest absolute Gasteiger partial charge is 0.349 e. The molecule has 0 radical (unpaired) electrons. The van der Waals surface area contributed by atoms with Crippen LogP contribution in [0.25, 0.3) is 15.9 Å². The highest BCUT2D eigenvalue weighted by molar-refractivity contribution is 7.20. The number of hydrogen-bond donors (Lipinski definition) is 2. The van der Waals surface area contributed by atoms with Crippen molar-refractivity contribution in [2.24, 2.45) is 0 Å². The molecular formula is C21H19N5O2S. The highest BCUT2D eigenvalue weighted by Gasteiger charge is 2.19. The first-order chi connectivity index (χ1) is 14.2. The van der Waals surface area contributed by atoms with Crippen LogP contribution >= 0.6 is 11.3 Å². The van der Waals surface area contributed by atoms with Crippen LogP contribution in [-0.2, 0) is 0 Å². The number of fused-ring (bicyclic) bond motifs is 2. The number of para-hydroxylation sites is 1. The first-order valence-electron chi connectivity index (χ1n) is 9.64. The molecule has 2 N–H and O–H groups in total. The summed E-state index contributed by atoms with van der Waals surface area (Å²) in [5, 5.41) is 11.6. The van der Waals surface area contributed by atoms with Crippen molar-refractivity contribution in [2.75, 3.05) is 5.32 Å². The van der Waals surface area contributed by atoms with Crippen LogP contribution in [0.1, 0.15) is 36.0 Å². The molecular weight excluding hydrogens is 386 g/mol. The van der Waals surface area contributed by atoms with Crippen molar-refractivity contribution in [3.05, 3.63) is 64.4 Å². The number of aromatic nitrogens is 3. The number of hydrogen-bond acceptors (Lipinski definition) is 6. The number of amides is 1. The number of rotatable bonds is 4. The Bertz CT molecular complexity index is 1260. The van der Waals surface area contributed by atoms with Gasteiger partial charge in [0, 0.05) is 17.3 Å². The Hall–Kier alpha value is -3.26. The Balaban J connectivity index is 1.49. The Labute approximate surface area is 170 Å². The van der Waals surface area contributed by atoms with E-state index >= 15 is 0 Å². The van der Waals surface area contributed by atoms with Crippen LogP contribution in [0.15, 0.2) is 53.3 Å². The van der Waals surface area contributed by atoms with Gasteiger partial charge in [-0.1, -0.05) is 42.4 Å². The summed E-state index contributed by atoms with van der Waals surface area (Å²) in [5.74, 6) is -0.114. The highest BCUT2D eigenvalue weighted by atomic mass is 32.1. The summed E-state index contributed by atoms with van der Waals surface area (Å²) in [6, 6.07) is 14.9. The molecule has 2 heterocycles. The lowest BCUT2D eigenvalue weighted by Crippen LogP contribution is -2.32. The van der Waals surface area contributed by atoms with E-state index in [1.807, 2.05) is 30.3 Å². The molecule has 0 aliphatic heterocycles. The van der Waals surface area contributed by atoms with Gasteiger partial charge in [0.05, 0.1) is 10.9 Å². The van der Waals surface area contributed by atoms with Gasteiger partial charge in [-0.25, -0.2) is 4.98 Å². The van der Waals surface area contributed by atoms with Gasteiger partial charge in [-0.3, -0.25) is 9.59 Å². The normalized spacial score (nSPS) is 14.5. The summed E-state index contributed by atoms with van der Waals surface area (Å²) in [4.78, 5) is 30.5. The molecule has 0 unspecified atom stereocenters. The van der Waals surface area contributed by atoms with Gasteiger partial charge in [0.1, 0.15) is 0 Å². The van der Waals surface area contributed by atoms with E-state index < -0.39 is 0 Å². The van der Waals surface area contributed by atoms with Crippen LogP contribution in [0.3, 0.4) is 0 Å². The van der Waals surface area contributed by atoms with Crippen LogP contribution in [0.5, 0.6) is 0 Å². The summed E-state index contributed by atoms with van der Waals surface area (Å²) in [6.07, 6.45) is 4.36. The average Bonchev–Trinajstić information content (AvgIpc) is 3.38. The Kier molecular flexibility index (Phi) is 4.48. The topological polar surface area (TPSA) is 88.4 Å². The number of nitrogens with one attached hydrogen (secondary N) is 2. The van der Waals surface area contributed by atoms with Gasteiger partial charge in [0.25, 0.3) is 11.5 Å². The second kappa shape index (κ2) is 7.29. The molecule has 29 heavy (non-hydrogen) atoms. The maximum Gasteiger partial charge on any atom is 0.283 e. The molecule has 0 spiro atoms. The SMILES string of the molecule is O=C(NC1CCCC1)c1ccc2c(=O)n3nc(Nc4ccccc4)sc3nc2c1. The molecule has 5 rings (SSSR count). The summed E-state index contributed by atoms with van der Waals surface area (Å²) in [6.45, 7) is 0. The molecule has 2 aromatic heterocycles. The van der Waals surface area contributed by atoms with Crippen LogP contribution in [-0.4, -0.2) is 26.5 Å². The van der Waals surface area contributed by atoms with E-state index in [1.165, 1.54) is 15.9 Å². The molecule has 2 aromatic carbocycles. The minimum absolute atomic E-state index is 0.114. The third-order valence-corrected chi connectivity index (χ3v) is 6.00. The zero-order valence-corrected chi connectivity index (χ0v) is 16.4. The molecule has 1 aliphatic rings. The fourth-order valence-corrected chi connectivity index (χ4v) is 4.50. The standard InChI is InChI=1S/C21H19N5O2S/c27-18(22-14-8-4-5-9-14)13-10-11-16-17(12-13)24-21-26(19(16)28)25-20(29-21)23-15-6-2-1-3-7-15/h1-3,6-7,10-12,14H,4-5,8-9H2,(H,22,27)(H,23,25). The quantitative estimate of drug-likeness (QED) is 0.540. The maximum atomic E-state index is 12.9. The van der Waals surface area contributed by atoms with Crippen molar-refractivity contribution in [2.45, 2.75) is 31.7 Å². The first kappa shape index (κ1) is 17.8. The smallest absolute Gasteiger partial charge is 0.283 e. The van der Waals surface area contributed by atoms with Crippen molar-refractivity contribution in [1.29, 1.82) is 0 Å². The summed E-state index contributed by atoms with van der Waals surface area (Å²) in [7, 11) is 0. The van der Waals surface area contributed by atoms with E-state index in [-0.39, 0.29) is 17.5 Å². The third-order valence-electron chi connectivity index (χ3n) is 5.17. The zero-order valence-electron chi connectivity index (χ0n) is 15.6. The fraction of sp³-hybridized carbons (Fsp3) is 0.238. The lowest BCUT2D eigenvalue weighted by atomic mass is 10.1. The second-order valence-corrected chi connectivity index (χ2v) is 8.15. The molecule has 0 saturated heterocycles. The lowest BCUT2D eigenvalue weighted by Gasteiger charge is -2.12. The van der Waals surface area contributed by atoms with Gasteiger partial charge in [-0.2, -0.15) is 4.52 Å². The minimum atomic E-state index is -0.245. The number of anilines is 2. The van der Waals surface area contributed by atoms with Gasteiger partial charge in [-0.05, 0) is 43.2 Å². The molecule has 8 heteroatoms. The number of carbonyl (C=O) groups is 1. The van der Waals surface area contributed by atoms with Crippen LogP contribution in [0, 0.1) is 0 Å². The summed E-state index contributed by atoms with van der Waals surface area (Å²) >= 11 is 1.29. The molecule has 1 amide bonds. The Morgan fingerprint density at radius 3 is 2.69 bits per heavy atom. The summed E-state index contributed by atoms with van der Waals surface area (Å²) < 4.78 is 1.30. The molecule has 7 nitrogen and oxygen atoms in total. The van der Waals surface area contributed by atoms with Crippen LogP contribution < -0.4 is 16.2 Å². The number of carbonyl (C=O) groups excluding carboxylic acids is 1. The van der Waals surface area contributed by atoms with E-state index in [9.17, 15) is 9.59 Å². The highest BCUT2D eigenvalue weighted by Crippen LogP contribution is 2.23. The molecule has 1 fully saturated rings. The average molecular weight is 405 g/mol. The fourth-order valence-electron chi connectivity index (χ4n) is 3.68. The van der Waals surface area contributed by atoms with Gasteiger partial charge in [-0.15, -0.1) is 5.10 Å². The summed E-state index contributed by atoms with van der Waals surface area (Å²) in [5.41, 5.74) is 1.66. The van der Waals surface area contributed by atoms with Crippen molar-refractivity contribution in [3.63, 3.8) is 0 Å². The predicted octanol–water partition coefficient (Wildman–Crippen LogP) is 3.72. The van der Waals surface area contributed by atoms with E-state index in [4.69, 9.17) is 0 Å². The van der Waals surface area contributed by atoms with Crippen molar-refractivity contribution in [3.8, 4) is 0 Å². The number of benzene rings is 2. The molecule has 1 aliphatic carbocycles. The molecule has 0 atom stereocenters. The van der Waals surface area contributed by atoms with Crippen molar-refractivity contribution < 1.29 is 4.79 Å². The zero-order chi connectivity index (χ0) is 19.8. The van der Waals surface area contributed by atoms with Gasteiger partial charge in [0.15, 0.2) is 0 Å². The monoisotopic (exact) mass is 405 g/mol. The number of nitrogens with zero attached hydrogens (tertiary/aromatic N) is 3. The van der Waals surface area contributed by atoms with Gasteiger partial charge >= 0.3 is 0 Å². The van der Waals surface area contributed by atoms with Crippen LogP contribution in [0.4, 0.5) is 10.8 Å². The molecule has 4 aromatic rings. The van der Waals surface area contributed by atoms with Gasteiger partial charge in [0.2, 0.25) is 10.1 Å². The lowest BCUT2D eigenvalue weighted by molar-refractivity contribution is 0.0938. The minimum Gasteiger partial charge on any atom is -0.349 e. The van der Waals surface area contributed by atoms with Crippen molar-refractivity contribution >= 4 is 43.9 Å². The van der Waals surface area contributed by atoms with E-state index in [2.05, 4.69) is 20.7 Å². The van der Waals surface area contributed by atoms with E-state index in [0.717, 1.165) is 31.4 Å². The third kappa shape index (κ3) is 3.47. The maximum absolute atomic E-state index is 12.9. The Morgan fingerprint density at radius 2 is 1.90 bits per heavy atom. The second-order valence-electron chi connectivity index (χ2n) is 7.20.